The van der Waals surface area contributed by atoms with E-state index in [1.54, 1.807) is 16.4 Å². The number of piperidine rings is 1. The maximum absolute atomic E-state index is 13.6. The lowest BCUT2D eigenvalue weighted by Gasteiger charge is -2.42. The van der Waals surface area contributed by atoms with E-state index >= 15 is 0 Å². The standard InChI is InChI=1S/C23H30N2O5S/c1-28-20-8-9-22(29-2)23(14-20)31(26,27)25-11-10-19-17-30-13-12-24(21(19)16-25)15-18-6-4-3-5-7-18/h3-9,14,19,21H,10-13,15-17H2,1-2H3/t19-,21-/m1/s1. The summed E-state index contributed by atoms with van der Waals surface area (Å²) >= 11 is 0. The van der Waals surface area contributed by atoms with Crippen LogP contribution in [0.4, 0.5) is 0 Å². The smallest absolute Gasteiger partial charge is 0.246 e. The van der Waals surface area contributed by atoms with Gasteiger partial charge in [-0.25, -0.2) is 8.42 Å². The van der Waals surface area contributed by atoms with E-state index < -0.39 is 10.0 Å². The molecule has 2 heterocycles. The molecule has 8 heteroatoms. The van der Waals surface area contributed by atoms with Crippen LogP contribution in [0, 0.1) is 5.92 Å². The average molecular weight is 447 g/mol. The lowest BCUT2D eigenvalue weighted by molar-refractivity contribution is 0.0766. The van der Waals surface area contributed by atoms with Crippen LogP contribution in [0.3, 0.4) is 0 Å². The fraction of sp³-hybridized carbons (Fsp3) is 0.478. The molecule has 168 valence electrons. The molecule has 0 aliphatic carbocycles. The van der Waals surface area contributed by atoms with Crippen LogP contribution in [-0.4, -0.2) is 70.7 Å². The molecule has 2 saturated heterocycles. The number of ether oxygens (including phenoxy) is 3. The van der Waals surface area contributed by atoms with Gasteiger partial charge in [-0.05, 0) is 24.1 Å². The quantitative estimate of drug-likeness (QED) is 0.680. The molecular weight excluding hydrogens is 416 g/mol. The molecular formula is C23H30N2O5S. The molecule has 0 aromatic heterocycles. The van der Waals surface area contributed by atoms with Crippen molar-refractivity contribution in [3.8, 4) is 11.5 Å². The summed E-state index contributed by atoms with van der Waals surface area (Å²) in [6.07, 6.45) is 0.765. The Bertz CT molecular complexity index is 983. The highest BCUT2D eigenvalue weighted by atomic mass is 32.2. The van der Waals surface area contributed by atoms with Crippen LogP contribution >= 0.6 is 0 Å². The molecule has 0 radical (unpaired) electrons. The molecule has 2 fully saturated rings. The molecule has 2 aromatic carbocycles. The molecule has 7 nitrogen and oxygen atoms in total. The minimum absolute atomic E-state index is 0.0998. The summed E-state index contributed by atoms with van der Waals surface area (Å²) in [4.78, 5) is 2.52. The third-order valence-corrected chi connectivity index (χ3v) is 8.11. The van der Waals surface area contributed by atoms with Crippen molar-refractivity contribution in [2.24, 2.45) is 5.92 Å². The van der Waals surface area contributed by atoms with Crippen LogP contribution in [-0.2, 0) is 21.3 Å². The van der Waals surface area contributed by atoms with Gasteiger partial charge in [-0.1, -0.05) is 30.3 Å². The summed E-state index contributed by atoms with van der Waals surface area (Å²) in [6, 6.07) is 15.3. The van der Waals surface area contributed by atoms with E-state index in [-0.39, 0.29) is 10.9 Å². The summed E-state index contributed by atoms with van der Waals surface area (Å²) in [6.45, 7) is 3.80. The van der Waals surface area contributed by atoms with E-state index in [1.165, 1.54) is 25.8 Å². The van der Waals surface area contributed by atoms with Crippen LogP contribution in [0.15, 0.2) is 53.4 Å². The summed E-state index contributed by atoms with van der Waals surface area (Å²) < 4.78 is 45.3. The van der Waals surface area contributed by atoms with Crippen LogP contribution in [0.1, 0.15) is 12.0 Å². The molecule has 0 saturated carbocycles. The molecule has 0 unspecified atom stereocenters. The van der Waals surface area contributed by atoms with Gasteiger partial charge in [0.1, 0.15) is 16.4 Å². The third kappa shape index (κ3) is 4.72. The van der Waals surface area contributed by atoms with Gasteiger partial charge in [0.25, 0.3) is 0 Å². The highest BCUT2D eigenvalue weighted by Gasteiger charge is 2.40. The molecule has 4 rings (SSSR count). The highest BCUT2D eigenvalue weighted by Crippen LogP contribution is 2.34. The summed E-state index contributed by atoms with van der Waals surface area (Å²) in [5, 5.41) is 0. The number of benzene rings is 2. The lowest BCUT2D eigenvalue weighted by atomic mass is 9.92. The van der Waals surface area contributed by atoms with Gasteiger partial charge >= 0.3 is 0 Å². The van der Waals surface area contributed by atoms with Crippen LogP contribution < -0.4 is 9.47 Å². The van der Waals surface area contributed by atoms with Gasteiger partial charge in [0, 0.05) is 44.2 Å². The Hall–Kier alpha value is -2.13. The topological polar surface area (TPSA) is 68.3 Å². The molecule has 2 atom stereocenters. The number of hydrogen-bond acceptors (Lipinski definition) is 6. The van der Waals surface area contributed by atoms with Gasteiger partial charge in [-0.2, -0.15) is 4.31 Å². The Morgan fingerprint density at radius 2 is 1.87 bits per heavy atom. The van der Waals surface area contributed by atoms with Crippen molar-refractivity contribution >= 4 is 10.0 Å². The molecule has 2 aliphatic heterocycles. The Morgan fingerprint density at radius 3 is 2.61 bits per heavy atom. The van der Waals surface area contributed by atoms with Gasteiger partial charge in [-0.15, -0.1) is 0 Å². The summed E-state index contributed by atoms with van der Waals surface area (Å²) in [7, 11) is -0.727. The fourth-order valence-electron chi connectivity index (χ4n) is 4.50. The Kier molecular flexibility index (Phi) is 6.81. The van der Waals surface area contributed by atoms with Crippen LogP contribution in [0.2, 0.25) is 0 Å². The molecule has 31 heavy (non-hydrogen) atoms. The van der Waals surface area contributed by atoms with Gasteiger partial charge in [-0.3, -0.25) is 4.90 Å². The molecule has 2 aromatic rings. The highest BCUT2D eigenvalue weighted by molar-refractivity contribution is 7.89. The van der Waals surface area contributed by atoms with Crippen molar-refractivity contribution in [2.75, 3.05) is 47.1 Å². The van der Waals surface area contributed by atoms with Gasteiger partial charge in [0.15, 0.2) is 0 Å². The number of methoxy groups -OCH3 is 2. The monoisotopic (exact) mass is 446 g/mol. The molecule has 0 spiro atoms. The minimum Gasteiger partial charge on any atom is -0.497 e. The predicted molar refractivity (Wildman–Crippen MR) is 118 cm³/mol. The van der Waals surface area contributed by atoms with Gasteiger partial charge in [0.05, 0.1) is 27.4 Å². The number of rotatable bonds is 6. The molecule has 0 amide bonds. The lowest BCUT2D eigenvalue weighted by Crippen LogP contribution is -2.54. The number of sulfonamides is 1. The third-order valence-electron chi connectivity index (χ3n) is 6.23. The summed E-state index contributed by atoms with van der Waals surface area (Å²) in [5.41, 5.74) is 1.22. The number of fused-ring (bicyclic) bond motifs is 1. The zero-order chi connectivity index (χ0) is 21.8. The van der Waals surface area contributed by atoms with Crippen molar-refractivity contribution in [3.05, 3.63) is 54.1 Å². The SMILES string of the molecule is COc1ccc(OC)c(S(=O)(=O)N2CC[C@@H]3COCCN(Cc4ccccc4)[C@@H]3C2)c1. The predicted octanol–water partition coefficient (Wildman–Crippen LogP) is 2.62. The van der Waals surface area contributed by atoms with Crippen molar-refractivity contribution in [1.82, 2.24) is 9.21 Å². The maximum Gasteiger partial charge on any atom is 0.246 e. The normalized spacial score (nSPS) is 23.0. The first-order chi connectivity index (χ1) is 15.0. The van der Waals surface area contributed by atoms with E-state index in [1.807, 2.05) is 18.2 Å². The van der Waals surface area contributed by atoms with Crippen molar-refractivity contribution in [3.63, 3.8) is 0 Å². The first kappa shape index (κ1) is 22.1. The Balaban J connectivity index is 1.61. The number of nitrogens with zero attached hydrogens (tertiary/aromatic N) is 2. The van der Waals surface area contributed by atoms with E-state index in [0.29, 0.717) is 43.7 Å². The van der Waals surface area contributed by atoms with E-state index in [9.17, 15) is 8.42 Å². The number of hydrogen-bond donors (Lipinski definition) is 0. The van der Waals surface area contributed by atoms with Gasteiger partial charge in [0.2, 0.25) is 10.0 Å². The van der Waals surface area contributed by atoms with Crippen molar-refractivity contribution < 1.29 is 22.6 Å². The zero-order valence-electron chi connectivity index (χ0n) is 18.1. The van der Waals surface area contributed by atoms with Crippen LogP contribution in [0.25, 0.3) is 0 Å². The Morgan fingerprint density at radius 1 is 1.06 bits per heavy atom. The average Bonchev–Trinajstić information content (AvgIpc) is 3.01. The first-order valence-electron chi connectivity index (χ1n) is 10.6. The zero-order valence-corrected chi connectivity index (χ0v) is 18.9. The second-order valence-electron chi connectivity index (χ2n) is 8.03. The Labute approximate surface area is 184 Å². The van der Waals surface area contributed by atoms with Gasteiger partial charge < -0.3 is 14.2 Å². The van der Waals surface area contributed by atoms with Crippen molar-refractivity contribution in [1.29, 1.82) is 0 Å². The maximum atomic E-state index is 13.6. The van der Waals surface area contributed by atoms with E-state index in [4.69, 9.17) is 14.2 Å². The van der Waals surface area contributed by atoms with E-state index in [0.717, 1.165) is 19.5 Å². The van der Waals surface area contributed by atoms with Crippen LogP contribution in [0.5, 0.6) is 11.5 Å². The second kappa shape index (κ2) is 9.56. The van der Waals surface area contributed by atoms with E-state index in [2.05, 4.69) is 17.0 Å². The minimum atomic E-state index is -3.74. The van der Waals surface area contributed by atoms with Crippen molar-refractivity contribution in [2.45, 2.75) is 23.9 Å². The fourth-order valence-corrected chi connectivity index (χ4v) is 6.14. The molecule has 0 bridgehead atoms. The molecule has 0 N–H and O–H groups in total. The largest absolute Gasteiger partial charge is 0.497 e. The second-order valence-corrected chi connectivity index (χ2v) is 9.93. The molecule has 2 aliphatic rings. The summed E-state index contributed by atoms with van der Waals surface area (Å²) in [5.74, 6) is 1.13. The first-order valence-corrected chi connectivity index (χ1v) is 12.0.